The summed E-state index contributed by atoms with van der Waals surface area (Å²) in [4.78, 5) is 7.71. The maximum absolute atomic E-state index is 5.40. The molecule has 0 amide bonds. The van der Waals surface area contributed by atoms with Gasteiger partial charge in [0.2, 0.25) is 0 Å². The van der Waals surface area contributed by atoms with Gasteiger partial charge >= 0.3 is 0 Å². The van der Waals surface area contributed by atoms with Crippen molar-refractivity contribution in [2.75, 3.05) is 7.11 Å². The van der Waals surface area contributed by atoms with Crippen LogP contribution >= 0.6 is 23.6 Å². The lowest BCUT2D eigenvalue weighted by atomic mass is 10.3. The Bertz CT molecular complexity index is 800. The quantitative estimate of drug-likeness (QED) is 0.747. The Morgan fingerprint density at radius 3 is 3.00 bits per heavy atom. The number of rotatable bonds is 4. The maximum Gasteiger partial charge on any atom is 0.178 e. The van der Waals surface area contributed by atoms with E-state index in [-0.39, 0.29) is 0 Å². The van der Waals surface area contributed by atoms with Crippen LogP contribution in [0.1, 0.15) is 10.7 Å². The summed E-state index contributed by atoms with van der Waals surface area (Å²) in [6.07, 6.45) is 0.878. The number of thiazole rings is 1. The Morgan fingerprint density at radius 2 is 2.30 bits per heavy atom. The van der Waals surface area contributed by atoms with E-state index in [1.165, 1.54) is 0 Å². The molecule has 0 aliphatic rings. The third kappa shape index (κ3) is 2.48. The van der Waals surface area contributed by atoms with Gasteiger partial charge in [-0.15, -0.1) is 11.3 Å². The van der Waals surface area contributed by atoms with Gasteiger partial charge in [-0.1, -0.05) is 0 Å². The van der Waals surface area contributed by atoms with E-state index < -0.39 is 0 Å². The number of aromatic amines is 1. The van der Waals surface area contributed by atoms with E-state index >= 15 is 0 Å². The molecule has 3 rings (SSSR count). The van der Waals surface area contributed by atoms with E-state index in [0.29, 0.717) is 0 Å². The van der Waals surface area contributed by atoms with Crippen LogP contribution in [0, 0.1) is 11.7 Å². The van der Waals surface area contributed by atoms with Crippen molar-refractivity contribution in [3.05, 3.63) is 39.1 Å². The molecule has 0 bridgehead atoms. The lowest BCUT2D eigenvalue weighted by Gasteiger charge is -2.04. The summed E-state index contributed by atoms with van der Waals surface area (Å²) in [6.45, 7) is 2.84. The van der Waals surface area contributed by atoms with Gasteiger partial charge in [-0.05, 0) is 31.3 Å². The van der Waals surface area contributed by atoms with Gasteiger partial charge in [0.25, 0.3) is 0 Å². The molecular formula is C14H15N3OS2. The van der Waals surface area contributed by atoms with Crippen molar-refractivity contribution in [1.29, 1.82) is 0 Å². The lowest BCUT2D eigenvalue weighted by molar-refractivity contribution is 0.415. The topological polar surface area (TPSA) is 42.8 Å². The van der Waals surface area contributed by atoms with Gasteiger partial charge in [-0.2, -0.15) is 0 Å². The zero-order valence-corrected chi connectivity index (χ0v) is 13.0. The Labute approximate surface area is 126 Å². The first-order chi connectivity index (χ1) is 9.67. The number of nitrogens with one attached hydrogen (secondary N) is 1. The summed E-state index contributed by atoms with van der Waals surface area (Å²) in [7, 11) is 1.67. The first kappa shape index (κ1) is 13.3. The highest BCUT2D eigenvalue weighted by atomic mass is 32.1. The smallest absolute Gasteiger partial charge is 0.178 e. The van der Waals surface area contributed by atoms with Crippen molar-refractivity contribution >= 4 is 34.6 Å². The predicted molar refractivity (Wildman–Crippen MR) is 84.2 cm³/mol. The second-order valence-electron chi connectivity index (χ2n) is 4.57. The molecule has 104 valence electrons. The van der Waals surface area contributed by atoms with Crippen molar-refractivity contribution in [3.8, 4) is 5.75 Å². The fourth-order valence-electron chi connectivity index (χ4n) is 2.23. The van der Waals surface area contributed by atoms with E-state index in [1.54, 1.807) is 18.4 Å². The van der Waals surface area contributed by atoms with Crippen molar-refractivity contribution in [2.45, 2.75) is 19.9 Å². The highest BCUT2D eigenvalue weighted by Crippen LogP contribution is 2.21. The molecule has 0 saturated heterocycles. The van der Waals surface area contributed by atoms with E-state index in [0.717, 1.165) is 45.2 Å². The predicted octanol–water partition coefficient (Wildman–Crippen LogP) is 3.72. The van der Waals surface area contributed by atoms with Gasteiger partial charge in [0, 0.05) is 24.4 Å². The normalized spacial score (nSPS) is 11.1. The summed E-state index contributed by atoms with van der Waals surface area (Å²) < 4.78 is 8.12. The first-order valence-corrected chi connectivity index (χ1v) is 7.64. The van der Waals surface area contributed by atoms with Gasteiger partial charge in [-0.25, -0.2) is 4.98 Å². The zero-order valence-electron chi connectivity index (χ0n) is 11.3. The van der Waals surface area contributed by atoms with Crippen molar-refractivity contribution < 1.29 is 4.74 Å². The number of methoxy groups -OCH3 is 1. The minimum absolute atomic E-state index is 0.736. The average molecular weight is 305 g/mol. The molecule has 0 spiro atoms. The van der Waals surface area contributed by atoms with Crippen LogP contribution in [0.15, 0.2) is 23.6 Å². The monoisotopic (exact) mass is 305 g/mol. The average Bonchev–Trinajstić information content (AvgIpc) is 2.98. The number of nitrogens with zero attached hydrogens (tertiary/aromatic N) is 2. The molecule has 1 N–H and O–H groups in total. The maximum atomic E-state index is 5.40. The SMILES string of the molecule is COc1ccc2[nH]c(=S)n(CCc3csc(C)n3)c2c1. The molecule has 1 aromatic carbocycles. The Balaban J connectivity index is 1.93. The number of imidazole rings is 1. The number of benzene rings is 1. The van der Waals surface area contributed by atoms with Gasteiger partial charge in [0.15, 0.2) is 4.77 Å². The largest absolute Gasteiger partial charge is 0.497 e. The highest BCUT2D eigenvalue weighted by Gasteiger charge is 2.07. The van der Waals surface area contributed by atoms with Crippen LogP contribution in [0.4, 0.5) is 0 Å². The number of aromatic nitrogens is 3. The summed E-state index contributed by atoms with van der Waals surface area (Å²) in [5.41, 5.74) is 3.22. The second kappa shape index (κ2) is 5.38. The third-order valence-electron chi connectivity index (χ3n) is 3.24. The van der Waals surface area contributed by atoms with E-state index in [2.05, 4.69) is 19.9 Å². The van der Waals surface area contributed by atoms with Crippen molar-refractivity contribution in [1.82, 2.24) is 14.5 Å². The number of aryl methyl sites for hydroxylation is 3. The molecule has 3 aromatic rings. The highest BCUT2D eigenvalue weighted by molar-refractivity contribution is 7.71. The van der Waals surface area contributed by atoms with Gasteiger partial charge in [0.1, 0.15) is 5.75 Å². The minimum atomic E-state index is 0.736. The molecule has 0 radical (unpaired) electrons. The molecular weight excluding hydrogens is 290 g/mol. The van der Waals surface area contributed by atoms with Crippen LogP contribution in [0.25, 0.3) is 11.0 Å². The van der Waals surface area contributed by atoms with Crippen LogP contribution in [0.5, 0.6) is 5.75 Å². The number of hydrogen-bond donors (Lipinski definition) is 1. The molecule has 0 fully saturated rings. The molecule has 2 aromatic heterocycles. The molecule has 0 atom stereocenters. The van der Waals surface area contributed by atoms with Gasteiger partial charge in [0.05, 0.1) is 28.8 Å². The molecule has 2 heterocycles. The number of ether oxygens (including phenoxy) is 1. The standard InChI is InChI=1S/C14H15N3OS2/c1-9-15-10(8-20-9)5-6-17-13-7-11(18-2)3-4-12(13)16-14(17)19/h3-4,7-8H,5-6H2,1-2H3,(H,16,19). The van der Waals surface area contributed by atoms with Crippen LogP contribution in [0.2, 0.25) is 0 Å². The van der Waals surface area contributed by atoms with Crippen molar-refractivity contribution in [2.24, 2.45) is 0 Å². The number of H-pyrrole nitrogens is 1. The minimum Gasteiger partial charge on any atom is -0.497 e. The first-order valence-electron chi connectivity index (χ1n) is 6.35. The summed E-state index contributed by atoms with van der Waals surface area (Å²) in [5.74, 6) is 0.838. The molecule has 6 heteroatoms. The fourth-order valence-corrected chi connectivity index (χ4v) is 3.18. The molecule has 0 unspecified atom stereocenters. The zero-order chi connectivity index (χ0) is 14.1. The summed E-state index contributed by atoms with van der Waals surface area (Å²) in [5, 5.41) is 3.21. The second-order valence-corrected chi connectivity index (χ2v) is 6.02. The van der Waals surface area contributed by atoms with Gasteiger partial charge < -0.3 is 14.3 Å². The summed E-state index contributed by atoms with van der Waals surface area (Å²) in [6, 6.07) is 5.93. The van der Waals surface area contributed by atoms with Gasteiger partial charge in [-0.3, -0.25) is 0 Å². The molecule has 0 saturated carbocycles. The van der Waals surface area contributed by atoms with Crippen LogP contribution in [-0.4, -0.2) is 21.6 Å². The number of hydrogen-bond acceptors (Lipinski definition) is 4. The Kier molecular flexibility index (Phi) is 3.58. The van der Waals surface area contributed by atoms with Crippen LogP contribution in [0.3, 0.4) is 0 Å². The fraction of sp³-hybridized carbons (Fsp3) is 0.286. The van der Waals surface area contributed by atoms with E-state index in [4.69, 9.17) is 17.0 Å². The third-order valence-corrected chi connectivity index (χ3v) is 4.39. The van der Waals surface area contributed by atoms with Crippen molar-refractivity contribution in [3.63, 3.8) is 0 Å². The molecule has 0 aliphatic carbocycles. The van der Waals surface area contributed by atoms with Crippen LogP contribution < -0.4 is 4.74 Å². The van der Waals surface area contributed by atoms with Crippen LogP contribution in [-0.2, 0) is 13.0 Å². The number of fused-ring (bicyclic) bond motifs is 1. The molecule has 20 heavy (non-hydrogen) atoms. The lowest BCUT2D eigenvalue weighted by Crippen LogP contribution is -2.01. The summed E-state index contributed by atoms with van der Waals surface area (Å²) >= 11 is 7.08. The molecule has 4 nitrogen and oxygen atoms in total. The molecule has 0 aliphatic heterocycles. The Morgan fingerprint density at radius 1 is 1.45 bits per heavy atom. The van der Waals surface area contributed by atoms with E-state index in [9.17, 15) is 0 Å². The van der Waals surface area contributed by atoms with E-state index in [1.807, 2.05) is 25.1 Å². The Hall–Kier alpha value is -1.66.